The number of amides is 2. The number of alkyl halides is 3. The Kier molecular flexibility index (Phi) is 6.90. The molecule has 204 valence electrons. The van der Waals surface area contributed by atoms with Crippen LogP contribution in [-0.4, -0.2) is 44.7 Å². The molecule has 0 unspecified atom stereocenters. The zero-order valence-electron chi connectivity index (χ0n) is 20.9. The van der Waals surface area contributed by atoms with Crippen molar-refractivity contribution in [1.29, 1.82) is 0 Å². The third kappa shape index (κ3) is 5.75. The van der Waals surface area contributed by atoms with Gasteiger partial charge in [-0.3, -0.25) is 0 Å². The lowest BCUT2D eigenvalue weighted by Crippen LogP contribution is -2.21. The third-order valence-corrected chi connectivity index (χ3v) is 5.61. The Morgan fingerprint density at radius 3 is 2.38 bits per heavy atom. The average Bonchev–Trinajstić information content (AvgIpc) is 3.34. The van der Waals surface area contributed by atoms with Crippen molar-refractivity contribution < 1.29 is 27.1 Å². The topological polar surface area (TPSA) is 110 Å². The van der Waals surface area contributed by atoms with E-state index in [1.54, 1.807) is 22.8 Å². The lowest BCUT2D eigenvalue weighted by atomic mass is 10.1. The number of halogens is 4. The number of aromatic nitrogens is 5. The molecule has 5 aromatic rings. The second-order valence-corrected chi connectivity index (χ2v) is 8.66. The molecule has 0 spiro atoms. The van der Waals surface area contributed by atoms with Crippen LogP contribution in [-0.2, 0) is 6.18 Å². The van der Waals surface area contributed by atoms with Gasteiger partial charge in [-0.05, 0) is 42.0 Å². The van der Waals surface area contributed by atoms with Gasteiger partial charge in [-0.1, -0.05) is 12.1 Å². The summed E-state index contributed by atoms with van der Waals surface area (Å²) in [6, 6.07) is 9.69. The van der Waals surface area contributed by atoms with Crippen molar-refractivity contribution in [2.75, 3.05) is 29.6 Å². The van der Waals surface area contributed by atoms with Crippen LogP contribution in [0.5, 0.6) is 11.8 Å². The number of hydrogen-bond acceptors (Lipinski definition) is 7. The molecule has 0 atom stereocenters. The summed E-state index contributed by atoms with van der Waals surface area (Å²) in [6.07, 6.45) is 1.33. The second kappa shape index (κ2) is 10.5. The molecule has 3 aromatic heterocycles. The summed E-state index contributed by atoms with van der Waals surface area (Å²) < 4.78 is 59.8. The number of urea groups is 1. The number of benzene rings is 2. The Morgan fingerprint density at radius 2 is 1.70 bits per heavy atom. The fourth-order valence-electron chi connectivity index (χ4n) is 3.64. The molecule has 2 amide bonds. The van der Waals surface area contributed by atoms with Gasteiger partial charge in [-0.2, -0.15) is 18.3 Å². The molecule has 14 heteroatoms. The summed E-state index contributed by atoms with van der Waals surface area (Å²) in [7, 11) is 3.81. The fourth-order valence-corrected chi connectivity index (χ4v) is 3.64. The minimum Gasteiger partial charge on any atom is -0.424 e. The van der Waals surface area contributed by atoms with Crippen LogP contribution in [0.2, 0.25) is 0 Å². The summed E-state index contributed by atoms with van der Waals surface area (Å²) in [5.41, 5.74) is 0.779. The van der Waals surface area contributed by atoms with Crippen LogP contribution in [0, 0.1) is 5.82 Å². The van der Waals surface area contributed by atoms with Gasteiger partial charge in [0.15, 0.2) is 5.65 Å². The number of nitrogens with zero attached hydrogens (tertiary/aromatic N) is 6. The first-order valence-electron chi connectivity index (χ1n) is 11.6. The third-order valence-electron chi connectivity index (χ3n) is 5.61. The molecule has 5 rings (SSSR count). The predicted molar refractivity (Wildman–Crippen MR) is 139 cm³/mol. The highest BCUT2D eigenvalue weighted by atomic mass is 19.4. The van der Waals surface area contributed by atoms with Gasteiger partial charge in [0, 0.05) is 25.9 Å². The lowest BCUT2D eigenvalue weighted by molar-refractivity contribution is -0.137. The summed E-state index contributed by atoms with van der Waals surface area (Å²) >= 11 is 0. The number of ether oxygens (including phenoxy) is 1. The summed E-state index contributed by atoms with van der Waals surface area (Å²) in [6.45, 7) is 0. The lowest BCUT2D eigenvalue weighted by Gasteiger charge is -2.12. The van der Waals surface area contributed by atoms with E-state index in [4.69, 9.17) is 4.74 Å². The van der Waals surface area contributed by atoms with Gasteiger partial charge in [0.25, 0.3) is 0 Å². The molecular formula is C26H20F4N8O2. The smallest absolute Gasteiger partial charge is 0.416 e. The van der Waals surface area contributed by atoms with E-state index in [2.05, 4.69) is 25.4 Å². The first kappa shape index (κ1) is 26.3. The van der Waals surface area contributed by atoms with E-state index in [0.717, 1.165) is 16.9 Å². The molecule has 0 aliphatic rings. The molecule has 0 saturated carbocycles. The van der Waals surface area contributed by atoms with Crippen molar-refractivity contribution in [2.24, 2.45) is 0 Å². The van der Waals surface area contributed by atoms with Crippen molar-refractivity contribution in [3.8, 4) is 22.9 Å². The standard InChI is InChI=1S/C26H20F4N8O2/c1-37(2)22-9-10-38-23(36-22)19(14-33-38)15-3-6-18(7-4-15)40-25-31-12-17(13-32-25)34-24(39)35-21-11-16(26(28,29)30)5-8-20(21)27/h3-14H,1-2H3,(H2,34,35,39). The predicted octanol–water partition coefficient (Wildman–Crippen LogP) is 5.85. The van der Waals surface area contributed by atoms with Gasteiger partial charge in [0.2, 0.25) is 0 Å². The highest BCUT2D eigenvalue weighted by Gasteiger charge is 2.31. The Balaban J connectivity index is 1.22. The fraction of sp³-hybridized carbons (Fsp3) is 0.115. The number of nitrogens with one attached hydrogen (secondary N) is 2. The largest absolute Gasteiger partial charge is 0.424 e. The van der Waals surface area contributed by atoms with E-state index >= 15 is 0 Å². The molecule has 3 heterocycles. The minimum atomic E-state index is -4.69. The number of anilines is 3. The highest BCUT2D eigenvalue weighted by molar-refractivity contribution is 5.99. The van der Waals surface area contributed by atoms with Crippen molar-refractivity contribution in [3.05, 3.63) is 84.7 Å². The number of rotatable bonds is 6. The quantitative estimate of drug-likeness (QED) is 0.255. The molecule has 0 radical (unpaired) electrons. The van der Waals surface area contributed by atoms with Crippen molar-refractivity contribution in [3.63, 3.8) is 0 Å². The van der Waals surface area contributed by atoms with Gasteiger partial charge in [0.05, 0.1) is 35.5 Å². The summed E-state index contributed by atoms with van der Waals surface area (Å²) in [5.74, 6) is 0.218. The van der Waals surface area contributed by atoms with Crippen LogP contribution in [0.1, 0.15) is 5.56 Å². The number of carbonyl (C=O) groups excluding carboxylic acids is 1. The zero-order chi connectivity index (χ0) is 28.4. The molecule has 2 aromatic carbocycles. The normalized spacial score (nSPS) is 11.3. The Morgan fingerprint density at radius 1 is 0.975 bits per heavy atom. The molecular weight excluding hydrogens is 532 g/mol. The SMILES string of the molecule is CN(C)c1ccn2ncc(-c3ccc(Oc4ncc(NC(=O)Nc5cc(C(F)(F)F)ccc5F)cn4)cc3)c2n1. The number of carbonyl (C=O) groups is 1. The first-order valence-corrected chi connectivity index (χ1v) is 11.6. The minimum absolute atomic E-state index is 0.0177. The van der Waals surface area contributed by atoms with E-state index in [1.165, 1.54) is 12.4 Å². The van der Waals surface area contributed by atoms with Gasteiger partial charge >= 0.3 is 18.2 Å². The van der Waals surface area contributed by atoms with Crippen molar-refractivity contribution in [1.82, 2.24) is 24.6 Å². The molecule has 40 heavy (non-hydrogen) atoms. The average molecular weight is 552 g/mol. The van der Waals surface area contributed by atoms with Crippen LogP contribution >= 0.6 is 0 Å². The highest BCUT2D eigenvalue weighted by Crippen LogP contribution is 2.32. The number of fused-ring (bicyclic) bond motifs is 1. The van der Waals surface area contributed by atoms with E-state index in [-0.39, 0.29) is 11.7 Å². The van der Waals surface area contributed by atoms with Crippen LogP contribution in [0.15, 0.2) is 73.3 Å². The first-order chi connectivity index (χ1) is 19.1. The Hall–Kier alpha value is -5.27. The second-order valence-electron chi connectivity index (χ2n) is 8.66. The van der Waals surface area contributed by atoms with E-state index < -0.39 is 29.3 Å². The van der Waals surface area contributed by atoms with Gasteiger partial charge in [0.1, 0.15) is 17.4 Å². The molecule has 10 nitrogen and oxygen atoms in total. The number of hydrogen-bond donors (Lipinski definition) is 2. The van der Waals surface area contributed by atoms with Gasteiger partial charge < -0.3 is 20.3 Å². The van der Waals surface area contributed by atoms with Crippen LogP contribution < -0.4 is 20.3 Å². The van der Waals surface area contributed by atoms with E-state index in [9.17, 15) is 22.4 Å². The van der Waals surface area contributed by atoms with Crippen LogP contribution in [0.3, 0.4) is 0 Å². The molecule has 0 saturated heterocycles. The molecule has 0 aliphatic carbocycles. The van der Waals surface area contributed by atoms with Gasteiger partial charge in [-0.25, -0.2) is 28.7 Å². The van der Waals surface area contributed by atoms with Crippen LogP contribution in [0.25, 0.3) is 16.8 Å². The maximum atomic E-state index is 13.9. The van der Waals surface area contributed by atoms with E-state index in [0.29, 0.717) is 29.6 Å². The maximum Gasteiger partial charge on any atom is 0.416 e. The summed E-state index contributed by atoms with van der Waals surface area (Å²) in [5, 5.41) is 8.70. The molecule has 0 bridgehead atoms. The molecule has 2 N–H and O–H groups in total. The van der Waals surface area contributed by atoms with Gasteiger partial charge in [-0.15, -0.1) is 0 Å². The van der Waals surface area contributed by atoms with Crippen molar-refractivity contribution >= 4 is 28.9 Å². The molecule has 0 aliphatic heterocycles. The summed E-state index contributed by atoms with van der Waals surface area (Å²) in [4.78, 5) is 26.7. The Labute approximate surface area is 224 Å². The monoisotopic (exact) mass is 552 g/mol. The molecule has 0 fully saturated rings. The maximum absolute atomic E-state index is 13.9. The van der Waals surface area contributed by atoms with Crippen LogP contribution in [0.4, 0.5) is 39.5 Å². The van der Waals surface area contributed by atoms with Crippen molar-refractivity contribution in [2.45, 2.75) is 6.18 Å². The van der Waals surface area contributed by atoms with E-state index in [1.807, 2.05) is 48.7 Å². The Bertz CT molecular complexity index is 1670. The zero-order valence-corrected chi connectivity index (χ0v) is 20.9.